The fourth-order valence-corrected chi connectivity index (χ4v) is 1.14. The Balaban J connectivity index is 2.52. The van der Waals surface area contributed by atoms with Crippen molar-refractivity contribution in [3.63, 3.8) is 0 Å². The third-order valence-corrected chi connectivity index (χ3v) is 1.90. The van der Waals surface area contributed by atoms with Gasteiger partial charge in [-0.05, 0) is 12.8 Å². The summed E-state index contributed by atoms with van der Waals surface area (Å²) in [5.74, 6) is 0. The minimum atomic E-state index is -1.19. The highest BCUT2D eigenvalue weighted by Gasteiger charge is 2.34. The predicted octanol–water partition coefficient (Wildman–Crippen LogP) is -1.78. The second kappa shape index (κ2) is 2.84. The normalized spacial score (nSPS) is 49.2. The molecule has 0 saturated heterocycles. The van der Waals surface area contributed by atoms with Crippen molar-refractivity contribution in [3.8, 4) is 0 Å². The zero-order valence-electron chi connectivity index (χ0n) is 5.51. The summed E-state index contributed by atoms with van der Waals surface area (Å²) >= 11 is 0. The van der Waals surface area contributed by atoms with Crippen LogP contribution in [0.25, 0.3) is 0 Å². The minimum Gasteiger partial charge on any atom is -0.390 e. The molecule has 0 unspecified atom stereocenters. The molecule has 0 spiro atoms. The molecular formula is C6H12O4. The van der Waals surface area contributed by atoms with Crippen molar-refractivity contribution in [1.82, 2.24) is 0 Å². The average Bonchev–Trinajstić information content (AvgIpc) is 1.93. The highest BCUT2D eigenvalue weighted by atomic mass is 16.4. The average molecular weight is 148 g/mol. The van der Waals surface area contributed by atoms with Crippen molar-refractivity contribution in [1.29, 1.82) is 0 Å². The Bertz CT molecular complexity index is 102. The number of hydrogen-bond donors (Lipinski definition) is 4. The Labute approximate surface area is 58.7 Å². The van der Waals surface area contributed by atoms with Gasteiger partial charge in [0.1, 0.15) is 12.2 Å². The molecule has 0 aromatic carbocycles. The van der Waals surface area contributed by atoms with E-state index in [1.165, 1.54) is 0 Å². The lowest BCUT2D eigenvalue weighted by Gasteiger charge is -2.31. The van der Waals surface area contributed by atoms with Crippen LogP contribution in [-0.2, 0) is 0 Å². The molecule has 1 aliphatic rings. The van der Waals surface area contributed by atoms with Crippen LogP contribution in [0, 0.1) is 0 Å². The molecule has 0 amide bonds. The molecule has 1 rings (SSSR count). The molecule has 0 aromatic rings. The van der Waals surface area contributed by atoms with Gasteiger partial charge in [0.25, 0.3) is 0 Å². The van der Waals surface area contributed by atoms with Crippen LogP contribution in [0.5, 0.6) is 0 Å². The summed E-state index contributed by atoms with van der Waals surface area (Å²) in [7, 11) is 0. The molecule has 0 bridgehead atoms. The first kappa shape index (κ1) is 7.94. The Kier molecular flexibility index (Phi) is 2.25. The van der Waals surface area contributed by atoms with Gasteiger partial charge in [-0.2, -0.15) is 0 Å². The fraction of sp³-hybridized carbons (Fsp3) is 1.00. The van der Waals surface area contributed by atoms with E-state index in [0.717, 1.165) is 0 Å². The van der Waals surface area contributed by atoms with Crippen molar-refractivity contribution in [2.24, 2.45) is 0 Å². The Morgan fingerprint density at radius 1 is 0.700 bits per heavy atom. The molecule has 0 radical (unpaired) electrons. The molecule has 1 aliphatic carbocycles. The van der Waals surface area contributed by atoms with E-state index in [1.54, 1.807) is 0 Å². The van der Waals surface area contributed by atoms with Gasteiger partial charge in [-0.1, -0.05) is 0 Å². The first-order valence-corrected chi connectivity index (χ1v) is 3.35. The lowest BCUT2D eigenvalue weighted by Crippen LogP contribution is -2.48. The topological polar surface area (TPSA) is 80.9 Å². The van der Waals surface area contributed by atoms with E-state index in [9.17, 15) is 0 Å². The van der Waals surface area contributed by atoms with Crippen molar-refractivity contribution in [3.05, 3.63) is 0 Å². The molecule has 1 saturated carbocycles. The highest BCUT2D eigenvalue weighted by molar-refractivity contribution is 4.86. The van der Waals surface area contributed by atoms with Gasteiger partial charge < -0.3 is 20.4 Å². The third-order valence-electron chi connectivity index (χ3n) is 1.90. The van der Waals surface area contributed by atoms with Gasteiger partial charge in [-0.3, -0.25) is 0 Å². The third kappa shape index (κ3) is 1.29. The largest absolute Gasteiger partial charge is 0.390 e. The molecule has 4 N–H and O–H groups in total. The van der Waals surface area contributed by atoms with Crippen LogP contribution in [0.4, 0.5) is 0 Å². The maximum Gasteiger partial charge on any atom is 0.108 e. The molecule has 10 heavy (non-hydrogen) atoms. The van der Waals surface area contributed by atoms with Gasteiger partial charge in [0.2, 0.25) is 0 Å². The fourth-order valence-electron chi connectivity index (χ4n) is 1.14. The molecule has 60 valence electrons. The Morgan fingerprint density at radius 3 is 1.30 bits per heavy atom. The number of aliphatic hydroxyl groups is 4. The second-order valence-electron chi connectivity index (χ2n) is 2.69. The van der Waals surface area contributed by atoms with Gasteiger partial charge >= 0.3 is 0 Å². The van der Waals surface area contributed by atoms with Crippen molar-refractivity contribution >= 4 is 0 Å². The van der Waals surface area contributed by atoms with Gasteiger partial charge in [0.05, 0.1) is 12.2 Å². The number of hydrogen-bond acceptors (Lipinski definition) is 4. The van der Waals surface area contributed by atoms with Gasteiger partial charge in [-0.15, -0.1) is 0 Å². The first-order chi connectivity index (χ1) is 4.63. The lowest BCUT2D eigenvalue weighted by molar-refractivity contribution is -0.135. The minimum absolute atomic E-state index is 0.347. The summed E-state index contributed by atoms with van der Waals surface area (Å²) in [6.07, 6.45) is -3.47. The summed E-state index contributed by atoms with van der Waals surface area (Å²) in [6.45, 7) is 0. The Morgan fingerprint density at radius 2 is 1.00 bits per heavy atom. The van der Waals surface area contributed by atoms with Crippen LogP contribution in [-0.4, -0.2) is 44.8 Å². The van der Waals surface area contributed by atoms with Gasteiger partial charge in [0.15, 0.2) is 0 Å². The van der Waals surface area contributed by atoms with Crippen LogP contribution >= 0.6 is 0 Å². The lowest BCUT2D eigenvalue weighted by atomic mass is 9.90. The zero-order valence-corrected chi connectivity index (χ0v) is 5.51. The monoisotopic (exact) mass is 148 g/mol. The van der Waals surface area contributed by atoms with Crippen LogP contribution < -0.4 is 0 Å². The molecular weight excluding hydrogens is 136 g/mol. The van der Waals surface area contributed by atoms with Gasteiger partial charge in [0, 0.05) is 0 Å². The molecule has 4 atom stereocenters. The van der Waals surface area contributed by atoms with E-state index >= 15 is 0 Å². The SMILES string of the molecule is O[C@@H]1[C@H](O)[C@@H](O)CC[C@H]1O. The van der Waals surface area contributed by atoms with Crippen LogP contribution in [0.1, 0.15) is 12.8 Å². The first-order valence-electron chi connectivity index (χ1n) is 3.35. The van der Waals surface area contributed by atoms with E-state index in [0.29, 0.717) is 12.8 Å². The molecule has 0 aliphatic heterocycles. The highest BCUT2D eigenvalue weighted by Crippen LogP contribution is 2.19. The molecule has 0 heterocycles. The van der Waals surface area contributed by atoms with Crippen LogP contribution in [0.3, 0.4) is 0 Å². The standard InChI is InChI=1S/C6H12O4/c7-3-1-2-4(8)6(10)5(3)9/h3-10H,1-2H2/t3-,4+,5+,6-. The molecule has 1 fully saturated rings. The maximum absolute atomic E-state index is 8.96. The smallest absolute Gasteiger partial charge is 0.108 e. The van der Waals surface area contributed by atoms with Crippen LogP contribution in [0.2, 0.25) is 0 Å². The van der Waals surface area contributed by atoms with Crippen molar-refractivity contribution in [2.75, 3.05) is 0 Å². The molecule has 0 aromatic heterocycles. The van der Waals surface area contributed by atoms with E-state index in [4.69, 9.17) is 20.4 Å². The van der Waals surface area contributed by atoms with Crippen molar-refractivity contribution in [2.45, 2.75) is 37.3 Å². The van der Waals surface area contributed by atoms with E-state index in [1.807, 2.05) is 0 Å². The summed E-state index contributed by atoms with van der Waals surface area (Å²) in [6, 6.07) is 0. The van der Waals surface area contributed by atoms with E-state index in [2.05, 4.69) is 0 Å². The summed E-state index contributed by atoms with van der Waals surface area (Å²) in [5, 5.41) is 35.8. The van der Waals surface area contributed by atoms with E-state index in [-0.39, 0.29) is 0 Å². The zero-order chi connectivity index (χ0) is 7.72. The van der Waals surface area contributed by atoms with Crippen molar-refractivity contribution < 1.29 is 20.4 Å². The van der Waals surface area contributed by atoms with Gasteiger partial charge in [-0.25, -0.2) is 0 Å². The quantitative estimate of drug-likeness (QED) is 0.327. The second-order valence-corrected chi connectivity index (χ2v) is 2.69. The van der Waals surface area contributed by atoms with E-state index < -0.39 is 24.4 Å². The number of aliphatic hydroxyl groups excluding tert-OH is 4. The summed E-state index contributed by atoms with van der Waals surface area (Å²) < 4.78 is 0. The summed E-state index contributed by atoms with van der Waals surface area (Å²) in [5.41, 5.74) is 0. The summed E-state index contributed by atoms with van der Waals surface area (Å²) in [4.78, 5) is 0. The predicted molar refractivity (Wildman–Crippen MR) is 33.3 cm³/mol. The number of rotatable bonds is 0. The van der Waals surface area contributed by atoms with Crippen LogP contribution in [0.15, 0.2) is 0 Å². The maximum atomic E-state index is 8.96. The molecule has 4 heteroatoms. The Hall–Kier alpha value is -0.160. The molecule has 4 nitrogen and oxygen atoms in total.